The van der Waals surface area contributed by atoms with Crippen molar-refractivity contribution in [2.24, 2.45) is 0 Å². The second kappa shape index (κ2) is 6.63. The Morgan fingerprint density at radius 2 is 2.00 bits per heavy atom. The van der Waals surface area contributed by atoms with Crippen LogP contribution in [-0.2, 0) is 13.1 Å². The van der Waals surface area contributed by atoms with Gasteiger partial charge in [-0.25, -0.2) is 4.39 Å². The number of aryl methyl sites for hydroxylation is 1. The number of hydrogen-bond acceptors (Lipinski definition) is 3. The molecule has 108 valence electrons. The SMILES string of the molecule is CCn1nccc1CNC(C)C(O)c1ccc(F)cc1. The largest absolute Gasteiger partial charge is 0.387 e. The van der Waals surface area contributed by atoms with E-state index in [-0.39, 0.29) is 11.9 Å². The maximum absolute atomic E-state index is 12.9. The van der Waals surface area contributed by atoms with Crippen LogP contribution in [0.15, 0.2) is 36.5 Å². The Kier molecular flexibility index (Phi) is 4.87. The number of nitrogens with zero attached hydrogens (tertiary/aromatic N) is 2. The number of rotatable bonds is 6. The van der Waals surface area contributed by atoms with Crippen LogP contribution in [0.1, 0.15) is 31.2 Å². The second-order valence-electron chi connectivity index (χ2n) is 4.80. The van der Waals surface area contributed by atoms with Crippen molar-refractivity contribution < 1.29 is 9.50 Å². The van der Waals surface area contributed by atoms with Crippen LogP contribution < -0.4 is 5.32 Å². The van der Waals surface area contributed by atoms with Crippen LogP contribution in [0, 0.1) is 5.82 Å². The number of nitrogens with one attached hydrogen (secondary N) is 1. The van der Waals surface area contributed by atoms with Crippen LogP contribution in [0.5, 0.6) is 0 Å². The topological polar surface area (TPSA) is 50.1 Å². The number of hydrogen-bond donors (Lipinski definition) is 2. The predicted octanol–water partition coefficient (Wildman–Crippen LogP) is 2.25. The Morgan fingerprint density at radius 1 is 1.30 bits per heavy atom. The quantitative estimate of drug-likeness (QED) is 0.851. The summed E-state index contributed by atoms with van der Waals surface area (Å²) in [5.74, 6) is -0.298. The molecular weight excluding hydrogens is 257 g/mol. The lowest BCUT2D eigenvalue weighted by molar-refractivity contribution is 0.135. The Bertz CT molecular complexity index is 538. The summed E-state index contributed by atoms with van der Waals surface area (Å²) in [6.07, 6.45) is 1.09. The number of aliphatic hydroxyl groups excluding tert-OH is 1. The van der Waals surface area contributed by atoms with E-state index in [0.717, 1.165) is 12.2 Å². The van der Waals surface area contributed by atoms with Gasteiger partial charge in [-0.05, 0) is 37.6 Å². The summed E-state index contributed by atoms with van der Waals surface area (Å²) in [5, 5.41) is 17.7. The summed E-state index contributed by atoms with van der Waals surface area (Å²) >= 11 is 0. The number of benzene rings is 1. The van der Waals surface area contributed by atoms with E-state index < -0.39 is 6.10 Å². The van der Waals surface area contributed by atoms with E-state index in [1.807, 2.05) is 24.6 Å². The Balaban J connectivity index is 1.94. The minimum atomic E-state index is -0.673. The monoisotopic (exact) mass is 277 g/mol. The van der Waals surface area contributed by atoms with Crippen LogP contribution in [0.4, 0.5) is 4.39 Å². The fourth-order valence-electron chi connectivity index (χ4n) is 2.12. The van der Waals surface area contributed by atoms with E-state index in [4.69, 9.17) is 0 Å². The van der Waals surface area contributed by atoms with Crippen molar-refractivity contribution in [2.45, 2.75) is 39.1 Å². The fraction of sp³-hybridized carbons (Fsp3) is 0.400. The molecule has 2 rings (SSSR count). The van der Waals surface area contributed by atoms with Crippen molar-refractivity contribution in [1.29, 1.82) is 0 Å². The predicted molar refractivity (Wildman–Crippen MR) is 75.6 cm³/mol. The first-order chi connectivity index (χ1) is 9.61. The zero-order valence-corrected chi connectivity index (χ0v) is 11.8. The molecule has 20 heavy (non-hydrogen) atoms. The smallest absolute Gasteiger partial charge is 0.123 e. The highest BCUT2D eigenvalue weighted by Gasteiger charge is 2.16. The normalized spacial score (nSPS) is 14.2. The summed E-state index contributed by atoms with van der Waals surface area (Å²) in [4.78, 5) is 0. The molecule has 2 N–H and O–H groups in total. The van der Waals surface area contributed by atoms with Gasteiger partial charge in [0.1, 0.15) is 5.82 Å². The summed E-state index contributed by atoms with van der Waals surface area (Å²) in [6, 6.07) is 7.74. The molecule has 0 saturated carbocycles. The molecule has 4 nitrogen and oxygen atoms in total. The van der Waals surface area contributed by atoms with Crippen LogP contribution in [0.2, 0.25) is 0 Å². The molecule has 0 saturated heterocycles. The van der Waals surface area contributed by atoms with Crippen molar-refractivity contribution in [3.63, 3.8) is 0 Å². The van der Waals surface area contributed by atoms with Gasteiger partial charge in [0.15, 0.2) is 0 Å². The van der Waals surface area contributed by atoms with Crippen LogP contribution in [0.3, 0.4) is 0 Å². The van der Waals surface area contributed by atoms with Crippen LogP contribution in [-0.4, -0.2) is 20.9 Å². The summed E-state index contributed by atoms with van der Waals surface area (Å²) in [6.45, 7) is 5.39. The maximum atomic E-state index is 12.9. The molecule has 1 heterocycles. The third-order valence-electron chi connectivity index (χ3n) is 3.39. The first kappa shape index (κ1) is 14.7. The number of aliphatic hydroxyl groups is 1. The molecule has 2 atom stereocenters. The Morgan fingerprint density at radius 3 is 2.65 bits per heavy atom. The van der Waals surface area contributed by atoms with Gasteiger partial charge in [0.25, 0.3) is 0 Å². The summed E-state index contributed by atoms with van der Waals surface area (Å²) in [7, 11) is 0. The highest BCUT2D eigenvalue weighted by atomic mass is 19.1. The Labute approximate surface area is 118 Å². The molecule has 0 spiro atoms. The molecule has 0 aliphatic rings. The minimum absolute atomic E-state index is 0.138. The lowest BCUT2D eigenvalue weighted by Gasteiger charge is -2.21. The maximum Gasteiger partial charge on any atom is 0.123 e. The molecule has 0 amide bonds. The molecule has 2 aromatic rings. The lowest BCUT2D eigenvalue weighted by atomic mass is 10.0. The van der Waals surface area contributed by atoms with Gasteiger partial charge in [-0.3, -0.25) is 4.68 Å². The van der Waals surface area contributed by atoms with Crippen LogP contribution >= 0.6 is 0 Å². The third kappa shape index (κ3) is 3.43. The van der Waals surface area contributed by atoms with Crippen LogP contribution in [0.25, 0.3) is 0 Å². The van der Waals surface area contributed by atoms with Crippen molar-refractivity contribution in [3.8, 4) is 0 Å². The van der Waals surface area contributed by atoms with Gasteiger partial charge in [0, 0.05) is 25.3 Å². The van der Waals surface area contributed by atoms with Crippen molar-refractivity contribution >= 4 is 0 Å². The van der Waals surface area contributed by atoms with Gasteiger partial charge in [-0.1, -0.05) is 12.1 Å². The zero-order chi connectivity index (χ0) is 14.5. The van der Waals surface area contributed by atoms with E-state index in [9.17, 15) is 9.50 Å². The molecule has 2 unspecified atom stereocenters. The van der Waals surface area contributed by atoms with E-state index >= 15 is 0 Å². The van der Waals surface area contributed by atoms with Gasteiger partial charge < -0.3 is 10.4 Å². The first-order valence-electron chi connectivity index (χ1n) is 6.79. The lowest BCUT2D eigenvalue weighted by Crippen LogP contribution is -2.32. The van der Waals surface area contributed by atoms with Crippen molar-refractivity contribution in [2.75, 3.05) is 0 Å². The van der Waals surface area contributed by atoms with Gasteiger partial charge >= 0.3 is 0 Å². The van der Waals surface area contributed by atoms with Gasteiger partial charge in [0.05, 0.1) is 11.8 Å². The van der Waals surface area contributed by atoms with Gasteiger partial charge in [0.2, 0.25) is 0 Å². The third-order valence-corrected chi connectivity index (χ3v) is 3.39. The highest BCUT2D eigenvalue weighted by Crippen LogP contribution is 2.17. The summed E-state index contributed by atoms with van der Waals surface area (Å²) in [5.41, 5.74) is 1.78. The molecule has 0 aliphatic carbocycles. The molecular formula is C15H20FN3O. The first-order valence-corrected chi connectivity index (χ1v) is 6.79. The van der Waals surface area contributed by atoms with E-state index in [1.54, 1.807) is 18.3 Å². The molecule has 1 aromatic heterocycles. The molecule has 0 aliphatic heterocycles. The zero-order valence-electron chi connectivity index (χ0n) is 11.8. The number of halogens is 1. The van der Waals surface area contributed by atoms with Crippen molar-refractivity contribution in [1.82, 2.24) is 15.1 Å². The van der Waals surface area contributed by atoms with E-state index in [1.165, 1.54) is 12.1 Å². The van der Waals surface area contributed by atoms with Gasteiger partial charge in [-0.2, -0.15) is 5.10 Å². The highest BCUT2D eigenvalue weighted by molar-refractivity contribution is 5.19. The minimum Gasteiger partial charge on any atom is -0.387 e. The standard InChI is InChI=1S/C15H20FN3O/c1-3-19-14(8-9-18-19)10-17-11(2)15(20)12-4-6-13(16)7-5-12/h4-9,11,15,17,20H,3,10H2,1-2H3. The Hall–Kier alpha value is -1.72. The molecule has 5 heteroatoms. The van der Waals surface area contributed by atoms with Gasteiger partial charge in [-0.15, -0.1) is 0 Å². The van der Waals surface area contributed by atoms with E-state index in [0.29, 0.717) is 12.1 Å². The average Bonchev–Trinajstić information content (AvgIpc) is 2.92. The van der Waals surface area contributed by atoms with Crippen molar-refractivity contribution in [3.05, 3.63) is 53.6 Å². The molecule has 1 aromatic carbocycles. The fourth-order valence-corrected chi connectivity index (χ4v) is 2.12. The molecule has 0 bridgehead atoms. The second-order valence-corrected chi connectivity index (χ2v) is 4.80. The van der Waals surface area contributed by atoms with E-state index in [2.05, 4.69) is 10.4 Å². The number of aromatic nitrogens is 2. The summed E-state index contributed by atoms with van der Waals surface area (Å²) < 4.78 is 14.8. The molecule has 0 fully saturated rings. The average molecular weight is 277 g/mol. The molecule has 0 radical (unpaired) electrons.